The van der Waals surface area contributed by atoms with Gasteiger partial charge < -0.3 is 9.97 Å². The molecule has 0 fully saturated rings. The molecular weight excluding hydrogens is 536 g/mol. The fourth-order valence-corrected chi connectivity index (χ4v) is 9.52. The maximum atomic E-state index is 5.48. The molecule has 13 rings (SSSR count). The zero-order valence-electron chi connectivity index (χ0n) is 24.3. The van der Waals surface area contributed by atoms with E-state index >= 15 is 0 Å². The first kappa shape index (κ1) is 23.5. The number of H-pyrrole nitrogens is 2. The molecule has 2 aromatic carbocycles. The van der Waals surface area contributed by atoms with Crippen LogP contribution in [0.3, 0.4) is 0 Å². The molecule has 12 bridgehead atoms. The summed E-state index contributed by atoms with van der Waals surface area (Å²) in [5.41, 5.74) is 20.5. The molecule has 8 aliphatic rings. The van der Waals surface area contributed by atoms with Crippen molar-refractivity contribution in [3.63, 3.8) is 0 Å². The highest BCUT2D eigenvalue weighted by Crippen LogP contribution is 2.62. The normalized spacial score (nSPS) is 23.8. The van der Waals surface area contributed by atoms with Gasteiger partial charge in [0.2, 0.25) is 0 Å². The Morgan fingerprint density at radius 1 is 0.386 bits per heavy atom. The average molecular weight is 567 g/mol. The predicted octanol–water partition coefficient (Wildman–Crippen LogP) is 9.49. The van der Waals surface area contributed by atoms with Crippen LogP contribution in [0.25, 0.3) is 44.4 Å². The molecule has 0 spiro atoms. The van der Waals surface area contributed by atoms with Crippen LogP contribution in [0.5, 0.6) is 0 Å². The first-order valence-corrected chi connectivity index (χ1v) is 16.1. The molecule has 4 unspecified atom stereocenters. The topological polar surface area (TPSA) is 57.4 Å². The molecule has 4 atom stereocenters. The number of aromatic nitrogens is 4. The lowest BCUT2D eigenvalue weighted by Gasteiger charge is -2.40. The zero-order valence-corrected chi connectivity index (χ0v) is 24.3. The quantitative estimate of drug-likeness (QED) is 0.196. The van der Waals surface area contributed by atoms with E-state index in [9.17, 15) is 0 Å². The van der Waals surface area contributed by atoms with Crippen molar-refractivity contribution < 1.29 is 0 Å². The lowest BCUT2D eigenvalue weighted by molar-refractivity contribution is 0.579. The van der Waals surface area contributed by atoms with Crippen LogP contribution in [0.1, 0.15) is 94.4 Å². The number of hydrogen-bond donors (Lipinski definition) is 2. The highest BCUT2D eigenvalue weighted by molar-refractivity contribution is 6.04. The number of fused-ring (bicyclic) bond motifs is 10. The Kier molecular flexibility index (Phi) is 4.46. The Bertz CT molecular complexity index is 2170. The second kappa shape index (κ2) is 8.35. The van der Waals surface area contributed by atoms with Crippen LogP contribution in [0.4, 0.5) is 0 Å². The highest BCUT2D eigenvalue weighted by atomic mass is 14.8. The SMILES string of the molecule is c1ccc2c(c1)C1CCC2C2=C1c1cc3nc(cc4ccc(cc5ccc(cc2n1)[nH]5)[nH]4)C1=C3C2CCC1c1ccccc12. The second-order valence-electron chi connectivity index (χ2n) is 13.4. The van der Waals surface area contributed by atoms with E-state index in [4.69, 9.17) is 9.97 Å². The first-order chi connectivity index (χ1) is 21.8. The van der Waals surface area contributed by atoms with E-state index in [1.807, 2.05) is 0 Å². The van der Waals surface area contributed by atoms with Gasteiger partial charge >= 0.3 is 0 Å². The molecular formula is C40H30N4. The fraction of sp³-hybridized carbons (Fsp3) is 0.200. The minimum absolute atomic E-state index is 0.382. The van der Waals surface area contributed by atoms with Crippen LogP contribution < -0.4 is 0 Å². The molecule has 2 N–H and O–H groups in total. The van der Waals surface area contributed by atoms with E-state index in [0.717, 1.165) is 44.8 Å². The van der Waals surface area contributed by atoms with Crippen LogP contribution in [0.15, 0.2) is 97.1 Å². The molecule has 44 heavy (non-hydrogen) atoms. The lowest BCUT2D eigenvalue weighted by atomic mass is 9.62. The van der Waals surface area contributed by atoms with Crippen LogP contribution in [0.2, 0.25) is 0 Å². The van der Waals surface area contributed by atoms with Crippen molar-refractivity contribution in [2.75, 3.05) is 0 Å². The summed E-state index contributed by atoms with van der Waals surface area (Å²) >= 11 is 0. The number of aromatic amines is 2. The molecule has 5 heterocycles. The van der Waals surface area contributed by atoms with Gasteiger partial charge in [0.15, 0.2) is 0 Å². The lowest BCUT2D eigenvalue weighted by Crippen LogP contribution is -2.23. The molecule has 6 aliphatic carbocycles. The van der Waals surface area contributed by atoms with E-state index in [1.165, 1.54) is 70.2 Å². The number of benzene rings is 2. The summed E-state index contributed by atoms with van der Waals surface area (Å²) in [6, 6.07) is 36.0. The maximum Gasteiger partial charge on any atom is 0.0700 e. The van der Waals surface area contributed by atoms with Gasteiger partial charge in [-0.25, -0.2) is 9.97 Å². The minimum atomic E-state index is 0.382. The van der Waals surface area contributed by atoms with Crippen molar-refractivity contribution in [3.8, 4) is 0 Å². The van der Waals surface area contributed by atoms with Gasteiger partial charge in [0, 0.05) is 45.7 Å². The van der Waals surface area contributed by atoms with Crippen LogP contribution in [-0.4, -0.2) is 19.9 Å². The summed E-state index contributed by atoms with van der Waals surface area (Å²) in [7, 11) is 0. The summed E-state index contributed by atoms with van der Waals surface area (Å²) in [6.07, 6.45) is 4.73. The van der Waals surface area contributed by atoms with Gasteiger partial charge in [0.1, 0.15) is 0 Å². The zero-order chi connectivity index (χ0) is 28.5. The van der Waals surface area contributed by atoms with Crippen molar-refractivity contribution >= 4 is 44.4 Å². The maximum absolute atomic E-state index is 5.48. The minimum Gasteiger partial charge on any atom is -0.355 e. The van der Waals surface area contributed by atoms with Gasteiger partial charge in [-0.2, -0.15) is 0 Å². The highest BCUT2D eigenvalue weighted by Gasteiger charge is 2.45. The summed E-state index contributed by atoms with van der Waals surface area (Å²) < 4.78 is 0. The molecule has 5 aromatic rings. The number of nitrogens with one attached hydrogen (secondary N) is 2. The Balaban J connectivity index is 1.24. The Morgan fingerprint density at radius 3 is 1.07 bits per heavy atom. The van der Waals surface area contributed by atoms with Crippen molar-refractivity contribution in [1.82, 2.24) is 19.9 Å². The van der Waals surface area contributed by atoms with Crippen molar-refractivity contribution in [2.45, 2.75) is 49.4 Å². The number of nitrogens with zero attached hydrogens (tertiary/aromatic N) is 2. The van der Waals surface area contributed by atoms with Gasteiger partial charge in [0.05, 0.1) is 22.8 Å². The largest absolute Gasteiger partial charge is 0.355 e. The third-order valence-electron chi connectivity index (χ3n) is 11.2. The summed E-state index contributed by atoms with van der Waals surface area (Å²) in [4.78, 5) is 18.2. The molecule has 210 valence electrons. The molecule has 0 amide bonds. The number of hydrogen-bond acceptors (Lipinski definition) is 2. The predicted molar refractivity (Wildman–Crippen MR) is 177 cm³/mol. The van der Waals surface area contributed by atoms with Gasteiger partial charge in [0.25, 0.3) is 0 Å². The second-order valence-corrected chi connectivity index (χ2v) is 13.4. The number of rotatable bonds is 0. The van der Waals surface area contributed by atoms with Crippen molar-refractivity contribution in [1.29, 1.82) is 0 Å². The molecule has 4 nitrogen and oxygen atoms in total. The molecule has 0 radical (unpaired) electrons. The van der Waals surface area contributed by atoms with Crippen LogP contribution in [0, 0.1) is 0 Å². The van der Waals surface area contributed by atoms with Gasteiger partial charge in [-0.3, -0.25) is 0 Å². The molecule has 4 heteroatoms. The van der Waals surface area contributed by atoms with Gasteiger partial charge in [-0.15, -0.1) is 0 Å². The Labute approximate surface area is 255 Å². The van der Waals surface area contributed by atoms with Gasteiger partial charge in [-0.05, 0) is 119 Å². The molecule has 2 aliphatic heterocycles. The van der Waals surface area contributed by atoms with Crippen LogP contribution in [-0.2, 0) is 0 Å². The van der Waals surface area contributed by atoms with E-state index in [1.54, 1.807) is 0 Å². The Morgan fingerprint density at radius 2 is 0.705 bits per heavy atom. The molecule has 0 saturated carbocycles. The van der Waals surface area contributed by atoms with Crippen molar-refractivity contribution in [2.24, 2.45) is 0 Å². The Hall–Kier alpha value is -4.96. The number of allylic oxidation sites excluding steroid dienone is 4. The molecule has 3 aromatic heterocycles. The van der Waals surface area contributed by atoms with E-state index in [2.05, 4.69) is 107 Å². The summed E-state index contributed by atoms with van der Waals surface area (Å²) in [6.45, 7) is 0. The van der Waals surface area contributed by atoms with E-state index in [0.29, 0.717) is 23.7 Å². The molecule has 0 saturated heterocycles. The van der Waals surface area contributed by atoms with Crippen molar-refractivity contribution in [3.05, 3.63) is 142 Å². The van der Waals surface area contributed by atoms with Crippen LogP contribution >= 0.6 is 0 Å². The summed E-state index contributed by atoms with van der Waals surface area (Å²) in [5.74, 6) is 1.54. The average Bonchev–Trinajstić information content (AvgIpc) is 3.86. The third kappa shape index (κ3) is 3.08. The fourth-order valence-electron chi connectivity index (χ4n) is 9.52. The standard InChI is InChI=1S/C40H30N4/c1-3-7-27-25(5-1)29-13-15-31(27)39-35-20-36-40-32-16-14-30(26-6-2-4-8-28(26)32)38(40)34(44-36)19-24-12-10-22(42-24)17-21-9-11-23(41-21)18-33(43-35)37(29)39/h1-12,17-20,29-32,41-42H,13-16H2. The monoisotopic (exact) mass is 566 g/mol. The van der Waals surface area contributed by atoms with E-state index in [-0.39, 0.29) is 0 Å². The third-order valence-corrected chi connectivity index (χ3v) is 11.2. The smallest absolute Gasteiger partial charge is 0.0700 e. The first-order valence-electron chi connectivity index (χ1n) is 16.1. The van der Waals surface area contributed by atoms with Gasteiger partial charge in [-0.1, -0.05) is 48.5 Å². The summed E-state index contributed by atoms with van der Waals surface area (Å²) in [5, 5.41) is 0. The van der Waals surface area contributed by atoms with E-state index < -0.39 is 0 Å².